The molecule has 0 fully saturated rings. The van der Waals surface area contributed by atoms with Crippen LogP contribution in [0.15, 0.2) is 23.1 Å². The van der Waals surface area contributed by atoms with Gasteiger partial charge in [0.15, 0.2) is 9.84 Å². The summed E-state index contributed by atoms with van der Waals surface area (Å²) >= 11 is 5.69. The van der Waals surface area contributed by atoms with Gasteiger partial charge in [0.05, 0.1) is 10.7 Å². The molecule has 0 aliphatic heterocycles. The van der Waals surface area contributed by atoms with E-state index < -0.39 is 21.5 Å². The summed E-state index contributed by atoms with van der Waals surface area (Å²) in [4.78, 5) is 10.3. The third-order valence-corrected chi connectivity index (χ3v) is 3.81. The molecule has 15 heavy (non-hydrogen) atoms. The van der Waals surface area contributed by atoms with E-state index in [1.54, 1.807) is 0 Å². The van der Waals surface area contributed by atoms with E-state index in [0.717, 1.165) is 0 Å². The number of rotatable bonds is 3. The molecule has 0 atom stereocenters. The lowest BCUT2D eigenvalue weighted by molar-refractivity contribution is -0.115. The van der Waals surface area contributed by atoms with Gasteiger partial charge >= 0.3 is 0 Å². The van der Waals surface area contributed by atoms with E-state index in [1.807, 2.05) is 0 Å². The molecule has 1 aromatic rings. The topological polar surface area (TPSA) is 103 Å². The zero-order valence-electron chi connectivity index (χ0n) is 7.60. The first-order valence-electron chi connectivity index (χ1n) is 3.89. The second-order valence-electron chi connectivity index (χ2n) is 2.88. The highest BCUT2D eigenvalue weighted by atomic mass is 35.5. The average molecular weight is 249 g/mol. The molecule has 0 aromatic heterocycles. The normalized spacial score (nSPS) is 11.3. The molecule has 0 heterocycles. The Morgan fingerprint density at radius 1 is 1.40 bits per heavy atom. The molecular weight excluding hydrogens is 240 g/mol. The Kier molecular flexibility index (Phi) is 3.21. The first-order chi connectivity index (χ1) is 6.84. The summed E-state index contributed by atoms with van der Waals surface area (Å²) in [5, 5.41) is -0.0174. The summed E-state index contributed by atoms with van der Waals surface area (Å²) in [5.74, 6) is -1.75. The standard InChI is InChI=1S/C8H9ClN2O3S/c9-5-2-1-3-6(10)8(5)15(13,14)4-7(11)12/h1-3H,4,10H2,(H2,11,12). The molecule has 0 spiro atoms. The van der Waals surface area contributed by atoms with Gasteiger partial charge in [0.25, 0.3) is 0 Å². The fourth-order valence-corrected chi connectivity index (χ4v) is 2.96. The lowest BCUT2D eigenvalue weighted by Gasteiger charge is -2.07. The Balaban J connectivity index is 3.33. The van der Waals surface area contributed by atoms with Crippen LogP contribution in [0, 0.1) is 0 Å². The number of hydrogen-bond acceptors (Lipinski definition) is 4. The van der Waals surface area contributed by atoms with Crippen LogP contribution >= 0.6 is 11.6 Å². The van der Waals surface area contributed by atoms with Crippen molar-refractivity contribution in [3.05, 3.63) is 23.2 Å². The molecule has 5 nitrogen and oxygen atoms in total. The van der Waals surface area contributed by atoms with Crippen molar-refractivity contribution < 1.29 is 13.2 Å². The second kappa shape index (κ2) is 4.08. The number of carbonyl (C=O) groups excluding carboxylic acids is 1. The number of nitrogen functional groups attached to an aromatic ring is 1. The molecule has 0 radical (unpaired) electrons. The lowest BCUT2D eigenvalue weighted by atomic mass is 10.3. The molecule has 0 aliphatic rings. The summed E-state index contributed by atoms with van der Waals surface area (Å²) in [6.07, 6.45) is 0. The molecule has 0 aliphatic carbocycles. The zero-order valence-corrected chi connectivity index (χ0v) is 9.18. The molecule has 7 heteroatoms. The predicted octanol–water partition coefficient (Wildman–Crippen LogP) is 0.181. The fraction of sp³-hybridized carbons (Fsp3) is 0.125. The Morgan fingerprint density at radius 3 is 2.47 bits per heavy atom. The summed E-state index contributed by atoms with van der Waals surface area (Å²) in [5.41, 5.74) is 10.3. The van der Waals surface area contributed by atoms with Gasteiger partial charge in [0.1, 0.15) is 10.6 Å². The van der Waals surface area contributed by atoms with Crippen LogP contribution in [0.2, 0.25) is 5.02 Å². The van der Waals surface area contributed by atoms with Crippen LogP contribution < -0.4 is 11.5 Å². The number of hydrogen-bond donors (Lipinski definition) is 2. The van der Waals surface area contributed by atoms with Crippen molar-refractivity contribution in [2.24, 2.45) is 5.73 Å². The molecule has 1 rings (SSSR count). The smallest absolute Gasteiger partial charge is 0.233 e. The molecule has 1 amide bonds. The van der Waals surface area contributed by atoms with Crippen LogP contribution in [0.25, 0.3) is 0 Å². The maximum Gasteiger partial charge on any atom is 0.233 e. The highest BCUT2D eigenvalue weighted by Crippen LogP contribution is 2.27. The number of sulfone groups is 1. The number of anilines is 1. The number of halogens is 1. The highest BCUT2D eigenvalue weighted by molar-refractivity contribution is 7.92. The largest absolute Gasteiger partial charge is 0.398 e. The van der Waals surface area contributed by atoms with Gasteiger partial charge < -0.3 is 11.5 Å². The lowest BCUT2D eigenvalue weighted by Crippen LogP contribution is -2.24. The Morgan fingerprint density at radius 2 is 2.00 bits per heavy atom. The van der Waals surface area contributed by atoms with Crippen LogP contribution in [0.3, 0.4) is 0 Å². The Bertz CT molecular complexity index is 478. The first kappa shape index (κ1) is 11.8. The van der Waals surface area contributed by atoms with Crippen molar-refractivity contribution in [3.63, 3.8) is 0 Å². The first-order valence-corrected chi connectivity index (χ1v) is 5.92. The van der Waals surface area contributed by atoms with E-state index in [2.05, 4.69) is 0 Å². The van der Waals surface area contributed by atoms with Crippen molar-refractivity contribution in [1.82, 2.24) is 0 Å². The molecule has 0 saturated carbocycles. The minimum absolute atomic E-state index is 0.00347. The van der Waals surface area contributed by atoms with Crippen LogP contribution in [0.5, 0.6) is 0 Å². The molecule has 82 valence electrons. The predicted molar refractivity (Wildman–Crippen MR) is 57.1 cm³/mol. The van der Waals surface area contributed by atoms with Gasteiger partial charge in [-0.2, -0.15) is 0 Å². The quantitative estimate of drug-likeness (QED) is 0.745. The number of nitrogens with two attached hydrogens (primary N) is 2. The monoisotopic (exact) mass is 248 g/mol. The van der Waals surface area contributed by atoms with Gasteiger partial charge in [-0.3, -0.25) is 4.79 Å². The van der Waals surface area contributed by atoms with Crippen molar-refractivity contribution in [2.75, 3.05) is 11.5 Å². The third kappa shape index (κ3) is 2.60. The van der Waals surface area contributed by atoms with E-state index >= 15 is 0 Å². The van der Waals surface area contributed by atoms with Gasteiger partial charge in [0, 0.05) is 0 Å². The number of benzene rings is 1. The van der Waals surface area contributed by atoms with E-state index in [0.29, 0.717) is 0 Å². The van der Waals surface area contributed by atoms with Gasteiger partial charge in [-0.15, -0.1) is 0 Å². The van der Waals surface area contributed by atoms with Crippen LogP contribution in [-0.2, 0) is 14.6 Å². The Labute approximate surface area is 91.9 Å². The van der Waals surface area contributed by atoms with Gasteiger partial charge in [-0.05, 0) is 12.1 Å². The minimum Gasteiger partial charge on any atom is -0.398 e. The van der Waals surface area contributed by atoms with E-state index in [9.17, 15) is 13.2 Å². The molecule has 0 bridgehead atoms. The minimum atomic E-state index is -3.85. The van der Waals surface area contributed by atoms with Crippen molar-refractivity contribution in [2.45, 2.75) is 4.90 Å². The molecule has 0 unspecified atom stereocenters. The summed E-state index contributed by atoms with van der Waals surface area (Å²) < 4.78 is 23.2. The van der Waals surface area contributed by atoms with Crippen LogP contribution in [0.4, 0.5) is 5.69 Å². The SMILES string of the molecule is NC(=O)CS(=O)(=O)c1c(N)cccc1Cl. The maximum absolute atomic E-state index is 11.6. The van der Waals surface area contributed by atoms with Gasteiger partial charge in [-0.25, -0.2) is 8.42 Å². The van der Waals surface area contributed by atoms with E-state index in [-0.39, 0.29) is 15.6 Å². The van der Waals surface area contributed by atoms with Gasteiger partial charge in [0.2, 0.25) is 5.91 Å². The average Bonchev–Trinajstić information content (AvgIpc) is 1.99. The third-order valence-electron chi connectivity index (χ3n) is 1.64. The van der Waals surface area contributed by atoms with E-state index in [4.69, 9.17) is 23.1 Å². The summed E-state index contributed by atoms with van der Waals surface area (Å²) in [6, 6.07) is 4.28. The second-order valence-corrected chi connectivity index (χ2v) is 5.22. The molecule has 1 aromatic carbocycles. The number of primary amides is 1. The van der Waals surface area contributed by atoms with Crippen LogP contribution in [0.1, 0.15) is 0 Å². The van der Waals surface area contributed by atoms with Crippen LogP contribution in [-0.4, -0.2) is 20.1 Å². The van der Waals surface area contributed by atoms with Crippen molar-refractivity contribution in [3.8, 4) is 0 Å². The van der Waals surface area contributed by atoms with E-state index in [1.165, 1.54) is 18.2 Å². The molecule has 4 N–H and O–H groups in total. The number of amides is 1. The number of carbonyl (C=O) groups is 1. The summed E-state index contributed by atoms with van der Waals surface area (Å²) in [7, 11) is -3.85. The molecule has 0 saturated heterocycles. The molecular formula is C8H9ClN2O3S. The van der Waals surface area contributed by atoms with Crippen molar-refractivity contribution >= 4 is 33.0 Å². The maximum atomic E-state index is 11.6. The fourth-order valence-electron chi connectivity index (χ4n) is 1.11. The van der Waals surface area contributed by atoms with Gasteiger partial charge in [-0.1, -0.05) is 17.7 Å². The summed E-state index contributed by atoms with van der Waals surface area (Å²) in [6.45, 7) is 0. The zero-order chi connectivity index (χ0) is 11.6. The Hall–Kier alpha value is -1.27. The highest BCUT2D eigenvalue weighted by Gasteiger charge is 2.23. The van der Waals surface area contributed by atoms with Crippen molar-refractivity contribution in [1.29, 1.82) is 0 Å².